The Morgan fingerprint density at radius 1 is 1.16 bits per heavy atom. The minimum absolute atomic E-state index is 0.0771. The monoisotopic (exact) mass is 621 g/mol. The summed E-state index contributed by atoms with van der Waals surface area (Å²) in [7, 11) is 0. The molecule has 0 spiro atoms. The van der Waals surface area contributed by atoms with E-state index in [9.17, 15) is 24.0 Å². The third-order valence-electron chi connectivity index (χ3n) is 10.4. The van der Waals surface area contributed by atoms with Crippen molar-refractivity contribution >= 4 is 52.7 Å². The van der Waals surface area contributed by atoms with Gasteiger partial charge in [0.15, 0.2) is 0 Å². The van der Waals surface area contributed by atoms with Crippen LogP contribution in [0.4, 0.5) is 0 Å². The SMILES string of the molecule is CC(CCC12CC3CC(CC1C3)C2)C(=O)OCc1nc(CSc2cccc3c2C(=O)N(C2CCC(=O)NC2=O)C3=O)cs1. The lowest BCUT2D eigenvalue weighted by atomic mass is 9.72. The van der Waals surface area contributed by atoms with Crippen molar-refractivity contribution in [2.75, 3.05) is 0 Å². The van der Waals surface area contributed by atoms with E-state index < -0.39 is 29.7 Å². The van der Waals surface area contributed by atoms with E-state index in [4.69, 9.17) is 4.74 Å². The van der Waals surface area contributed by atoms with Crippen LogP contribution in [-0.4, -0.2) is 45.5 Å². The first kappa shape index (κ1) is 28.7. The minimum Gasteiger partial charge on any atom is -0.458 e. The summed E-state index contributed by atoms with van der Waals surface area (Å²) in [5, 5.41) is 4.85. The van der Waals surface area contributed by atoms with Crippen LogP contribution in [0, 0.1) is 29.1 Å². The zero-order valence-electron chi connectivity index (χ0n) is 24.1. The van der Waals surface area contributed by atoms with E-state index in [2.05, 4.69) is 10.3 Å². The van der Waals surface area contributed by atoms with Crippen molar-refractivity contribution in [1.29, 1.82) is 0 Å². The number of benzene rings is 1. The van der Waals surface area contributed by atoms with Crippen LogP contribution in [0.15, 0.2) is 28.5 Å². The molecule has 4 aliphatic carbocycles. The van der Waals surface area contributed by atoms with Gasteiger partial charge >= 0.3 is 5.97 Å². The van der Waals surface area contributed by atoms with Gasteiger partial charge in [-0.1, -0.05) is 13.0 Å². The fourth-order valence-electron chi connectivity index (χ4n) is 8.51. The zero-order chi connectivity index (χ0) is 29.9. The number of hydrogen-bond acceptors (Lipinski definition) is 9. The molecule has 9 nitrogen and oxygen atoms in total. The van der Waals surface area contributed by atoms with Crippen molar-refractivity contribution in [2.45, 2.75) is 88.0 Å². The molecule has 43 heavy (non-hydrogen) atoms. The van der Waals surface area contributed by atoms with Gasteiger partial charge in [-0.3, -0.25) is 34.2 Å². The molecule has 1 aromatic heterocycles. The number of fused-ring (bicyclic) bond motifs is 1. The molecule has 1 N–H and O–H groups in total. The summed E-state index contributed by atoms with van der Waals surface area (Å²) >= 11 is 2.82. The van der Waals surface area contributed by atoms with Crippen LogP contribution in [0.3, 0.4) is 0 Å². The Morgan fingerprint density at radius 2 is 1.95 bits per heavy atom. The first-order valence-electron chi connectivity index (χ1n) is 15.3. The van der Waals surface area contributed by atoms with E-state index in [1.807, 2.05) is 12.3 Å². The van der Waals surface area contributed by atoms with Crippen LogP contribution >= 0.6 is 23.1 Å². The molecule has 1 aromatic carbocycles. The first-order chi connectivity index (χ1) is 20.7. The van der Waals surface area contributed by atoms with Crippen molar-refractivity contribution in [3.8, 4) is 0 Å². The van der Waals surface area contributed by atoms with Crippen LogP contribution in [0.5, 0.6) is 0 Å². The number of thiazole rings is 1. The smallest absolute Gasteiger partial charge is 0.309 e. The lowest BCUT2D eigenvalue weighted by Gasteiger charge is -2.33. The maximum Gasteiger partial charge on any atom is 0.309 e. The highest BCUT2D eigenvalue weighted by molar-refractivity contribution is 7.98. The minimum atomic E-state index is -0.998. The van der Waals surface area contributed by atoms with Crippen LogP contribution in [0.2, 0.25) is 0 Å². The molecule has 1 saturated heterocycles. The quantitative estimate of drug-likeness (QED) is 0.220. The fraction of sp³-hybridized carbons (Fsp3) is 0.562. The Labute approximate surface area is 258 Å². The number of carbonyl (C=O) groups excluding carboxylic acids is 5. The van der Waals surface area contributed by atoms with E-state index in [0.717, 1.165) is 46.2 Å². The summed E-state index contributed by atoms with van der Waals surface area (Å²) in [6.45, 7) is 2.12. The van der Waals surface area contributed by atoms with Crippen molar-refractivity contribution < 1.29 is 28.7 Å². The average Bonchev–Trinajstić information content (AvgIpc) is 3.68. The second kappa shape index (κ2) is 11.1. The molecule has 0 radical (unpaired) electrons. The van der Waals surface area contributed by atoms with Gasteiger partial charge < -0.3 is 4.74 Å². The molecule has 226 valence electrons. The molecule has 2 aromatic rings. The number of amides is 4. The molecule has 6 aliphatic rings. The number of ether oxygens (including phenoxy) is 1. The Balaban J connectivity index is 0.921. The maximum absolute atomic E-state index is 13.3. The summed E-state index contributed by atoms with van der Waals surface area (Å²) in [4.78, 5) is 69.4. The molecule has 4 unspecified atom stereocenters. The third-order valence-corrected chi connectivity index (χ3v) is 12.3. The Morgan fingerprint density at radius 3 is 2.72 bits per heavy atom. The predicted molar refractivity (Wildman–Crippen MR) is 159 cm³/mol. The second-order valence-corrected chi connectivity index (χ2v) is 15.1. The van der Waals surface area contributed by atoms with E-state index in [0.29, 0.717) is 16.1 Å². The van der Waals surface area contributed by atoms with Crippen LogP contribution in [-0.2, 0) is 31.5 Å². The highest BCUT2D eigenvalue weighted by Crippen LogP contribution is 2.67. The van der Waals surface area contributed by atoms with E-state index in [1.54, 1.807) is 18.2 Å². The Hall–Kier alpha value is -3.05. The number of aromatic nitrogens is 1. The number of esters is 1. The third kappa shape index (κ3) is 5.22. The van der Waals surface area contributed by atoms with Crippen LogP contribution in [0.25, 0.3) is 0 Å². The van der Waals surface area contributed by atoms with Crippen molar-refractivity contribution in [2.24, 2.45) is 29.1 Å². The summed E-state index contributed by atoms with van der Waals surface area (Å²) in [5.74, 6) is 0.832. The molecule has 4 amide bonds. The van der Waals surface area contributed by atoms with Crippen molar-refractivity contribution in [1.82, 2.24) is 15.2 Å². The lowest BCUT2D eigenvalue weighted by molar-refractivity contribution is -0.149. The number of rotatable bonds is 10. The molecular weight excluding hydrogens is 587 g/mol. The molecule has 4 bridgehead atoms. The van der Waals surface area contributed by atoms with Gasteiger partial charge in [0.25, 0.3) is 11.8 Å². The maximum atomic E-state index is 13.3. The van der Waals surface area contributed by atoms with Gasteiger partial charge in [0.1, 0.15) is 17.7 Å². The summed E-state index contributed by atoms with van der Waals surface area (Å²) in [6.07, 6.45) is 9.19. The number of thioether (sulfide) groups is 1. The van der Waals surface area contributed by atoms with Gasteiger partial charge in [-0.05, 0) is 86.7 Å². The summed E-state index contributed by atoms with van der Waals surface area (Å²) in [5.41, 5.74) is 1.81. The lowest BCUT2D eigenvalue weighted by Crippen LogP contribution is -2.54. The van der Waals surface area contributed by atoms with Crippen molar-refractivity contribution in [3.05, 3.63) is 45.4 Å². The first-order valence-corrected chi connectivity index (χ1v) is 17.1. The molecule has 5 fully saturated rings. The van der Waals surface area contributed by atoms with Crippen molar-refractivity contribution in [3.63, 3.8) is 0 Å². The van der Waals surface area contributed by atoms with Crippen LogP contribution < -0.4 is 5.32 Å². The van der Waals surface area contributed by atoms with E-state index >= 15 is 0 Å². The number of nitrogens with zero attached hydrogens (tertiary/aromatic N) is 2. The van der Waals surface area contributed by atoms with Gasteiger partial charge in [-0.15, -0.1) is 23.1 Å². The highest BCUT2D eigenvalue weighted by Gasteiger charge is 2.57. The highest BCUT2D eigenvalue weighted by atomic mass is 32.2. The standard InChI is InChI=1S/C32H35N3O6S2/c1-17(7-8-32-12-18-9-19(13-32)11-20(32)10-18)31(40)41-14-26-33-21(16-43-26)15-42-24-4-2-3-22-27(24)30(39)35(29(22)38)23-5-6-25(36)34-28(23)37/h2-4,16-20,23H,5-15H2,1H3,(H,34,36,37). The van der Waals surface area contributed by atoms with E-state index in [1.165, 1.54) is 55.2 Å². The average molecular weight is 622 g/mol. The van der Waals surface area contributed by atoms with Gasteiger partial charge in [0, 0.05) is 22.4 Å². The molecule has 4 atom stereocenters. The van der Waals surface area contributed by atoms with E-state index in [-0.39, 0.29) is 42.5 Å². The molecule has 4 saturated carbocycles. The molecule has 3 heterocycles. The van der Waals surface area contributed by atoms with Gasteiger partial charge in [0.05, 0.1) is 22.7 Å². The van der Waals surface area contributed by atoms with Gasteiger partial charge in [-0.2, -0.15) is 0 Å². The fourth-order valence-corrected chi connectivity index (χ4v) is 10.3. The summed E-state index contributed by atoms with van der Waals surface area (Å²) in [6, 6.07) is 4.09. The largest absolute Gasteiger partial charge is 0.458 e. The number of piperidine rings is 1. The second-order valence-electron chi connectivity index (χ2n) is 13.1. The van der Waals surface area contributed by atoms with Gasteiger partial charge in [-0.25, -0.2) is 4.98 Å². The normalized spacial score (nSPS) is 29.7. The number of carbonyl (C=O) groups is 5. The zero-order valence-corrected chi connectivity index (χ0v) is 25.8. The topological polar surface area (TPSA) is 123 Å². The number of nitrogens with one attached hydrogen (secondary N) is 1. The predicted octanol–water partition coefficient (Wildman–Crippen LogP) is 5.12. The van der Waals surface area contributed by atoms with Gasteiger partial charge in [0.2, 0.25) is 11.8 Å². The Bertz CT molecular complexity index is 1510. The number of hydrogen-bond donors (Lipinski definition) is 1. The molecule has 8 rings (SSSR count). The molecular formula is C32H35N3O6S2. The molecule has 2 aliphatic heterocycles. The molecule has 11 heteroatoms. The Kier molecular flexibility index (Phi) is 7.44. The van der Waals surface area contributed by atoms with Crippen LogP contribution in [0.1, 0.15) is 96.1 Å². The number of imide groups is 2. The summed E-state index contributed by atoms with van der Waals surface area (Å²) < 4.78 is 5.65.